The van der Waals surface area contributed by atoms with Gasteiger partial charge >= 0.3 is 0 Å². The third-order valence-electron chi connectivity index (χ3n) is 5.56. The first-order valence-electron chi connectivity index (χ1n) is 11.3. The maximum Gasteiger partial charge on any atom is 0.266 e. The quantitative estimate of drug-likeness (QED) is 0.155. The molecule has 10 heteroatoms. The van der Waals surface area contributed by atoms with Gasteiger partial charge in [0.1, 0.15) is 0 Å². The number of benzene rings is 3. The number of para-hydroxylation sites is 2. The van der Waals surface area contributed by atoms with Crippen molar-refractivity contribution in [1.82, 2.24) is 15.0 Å². The number of hydrazone groups is 1. The van der Waals surface area contributed by atoms with E-state index in [0.717, 1.165) is 17.3 Å². The van der Waals surface area contributed by atoms with Crippen LogP contribution in [-0.4, -0.2) is 48.8 Å². The van der Waals surface area contributed by atoms with Crippen molar-refractivity contribution in [3.05, 3.63) is 82.1 Å². The summed E-state index contributed by atoms with van der Waals surface area (Å²) in [5, 5.41) is 4.98. The summed E-state index contributed by atoms with van der Waals surface area (Å²) >= 11 is 1.16. The molecule has 0 aliphatic heterocycles. The molecule has 0 fully saturated rings. The molecule has 0 aliphatic rings. The molecule has 0 saturated heterocycles. The van der Waals surface area contributed by atoms with E-state index >= 15 is 0 Å². The first-order chi connectivity index (χ1) is 18.0. The van der Waals surface area contributed by atoms with Gasteiger partial charge in [-0.2, -0.15) is 5.10 Å². The first-order valence-corrected chi connectivity index (χ1v) is 12.3. The van der Waals surface area contributed by atoms with Crippen LogP contribution < -0.4 is 25.2 Å². The summed E-state index contributed by atoms with van der Waals surface area (Å²) in [4.78, 5) is 30.7. The standard InChI is InChI=1S/C27H26N4O5S/c1-17-9-5-8-12-21(17)31-26(33)19-10-6-7-11-20(19)29-27(31)37-16-23(32)30-28-15-18-13-14-22(34-2)25(36-4)24(18)35-3/h5-15H,16H2,1-4H3,(H,30,32)/b28-15-. The number of aromatic nitrogens is 2. The summed E-state index contributed by atoms with van der Waals surface area (Å²) in [5.41, 5.74) is 5.11. The SMILES string of the molecule is COc1ccc(/C=N\NC(=O)CSc2nc3ccccc3c(=O)n2-c2ccccc2C)c(OC)c1OC. The fourth-order valence-electron chi connectivity index (χ4n) is 3.80. The molecule has 3 aromatic carbocycles. The Balaban J connectivity index is 1.56. The predicted octanol–water partition coefficient (Wildman–Crippen LogP) is 3.96. The van der Waals surface area contributed by atoms with Crippen LogP contribution in [0.1, 0.15) is 11.1 Å². The van der Waals surface area contributed by atoms with Gasteiger partial charge in [0.05, 0.1) is 49.9 Å². The number of nitrogens with zero attached hydrogens (tertiary/aromatic N) is 3. The zero-order chi connectivity index (χ0) is 26.4. The van der Waals surface area contributed by atoms with Gasteiger partial charge in [-0.3, -0.25) is 14.2 Å². The van der Waals surface area contributed by atoms with Crippen LogP contribution in [0.3, 0.4) is 0 Å². The second-order valence-corrected chi connectivity index (χ2v) is 8.79. The first kappa shape index (κ1) is 25.8. The molecule has 1 heterocycles. The molecule has 1 aromatic heterocycles. The van der Waals surface area contributed by atoms with Gasteiger partial charge in [0, 0.05) is 5.56 Å². The van der Waals surface area contributed by atoms with E-state index in [1.165, 1.54) is 27.5 Å². The molecule has 0 atom stereocenters. The van der Waals surface area contributed by atoms with Crippen molar-refractivity contribution in [1.29, 1.82) is 0 Å². The lowest BCUT2D eigenvalue weighted by Crippen LogP contribution is -2.24. The molecule has 4 aromatic rings. The highest BCUT2D eigenvalue weighted by Gasteiger charge is 2.17. The van der Waals surface area contributed by atoms with Crippen LogP contribution in [0.25, 0.3) is 16.6 Å². The van der Waals surface area contributed by atoms with Crippen molar-refractivity contribution >= 4 is 34.8 Å². The molecule has 190 valence electrons. The zero-order valence-electron chi connectivity index (χ0n) is 20.8. The number of hydrogen-bond acceptors (Lipinski definition) is 8. The third kappa shape index (κ3) is 5.44. The van der Waals surface area contributed by atoms with Crippen LogP contribution in [0.15, 0.2) is 75.7 Å². The van der Waals surface area contributed by atoms with E-state index in [1.807, 2.05) is 37.3 Å². The van der Waals surface area contributed by atoms with E-state index in [1.54, 1.807) is 34.9 Å². The fourth-order valence-corrected chi connectivity index (χ4v) is 4.60. The summed E-state index contributed by atoms with van der Waals surface area (Å²) < 4.78 is 17.6. The second kappa shape index (κ2) is 11.6. The van der Waals surface area contributed by atoms with Crippen LogP contribution in [0.5, 0.6) is 17.2 Å². The zero-order valence-corrected chi connectivity index (χ0v) is 21.7. The molecule has 0 bridgehead atoms. The topological polar surface area (TPSA) is 104 Å². The van der Waals surface area contributed by atoms with Crippen molar-refractivity contribution in [2.45, 2.75) is 12.1 Å². The average molecular weight is 519 g/mol. The largest absolute Gasteiger partial charge is 0.493 e. The highest BCUT2D eigenvalue weighted by Crippen LogP contribution is 2.39. The highest BCUT2D eigenvalue weighted by atomic mass is 32.2. The number of nitrogens with one attached hydrogen (secondary N) is 1. The maximum absolute atomic E-state index is 13.4. The number of rotatable bonds is 9. The van der Waals surface area contributed by atoms with Gasteiger partial charge in [-0.25, -0.2) is 10.4 Å². The molecule has 0 unspecified atom stereocenters. The third-order valence-corrected chi connectivity index (χ3v) is 6.50. The summed E-state index contributed by atoms with van der Waals surface area (Å²) in [7, 11) is 4.55. The van der Waals surface area contributed by atoms with Crippen molar-refractivity contribution in [2.75, 3.05) is 27.1 Å². The molecule has 0 saturated carbocycles. The number of aryl methyl sites for hydroxylation is 1. The Morgan fingerprint density at radius 3 is 2.46 bits per heavy atom. The smallest absolute Gasteiger partial charge is 0.266 e. The summed E-state index contributed by atoms with van der Waals surface area (Å²) in [6.45, 7) is 1.93. The summed E-state index contributed by atoms with van der Waals surface area (Å²) in [6, 6.07) is 18.2. The molecule has 0 aliphatic carbocycles. The average Bonchev–Trinajstić information content (AvgIpc) is 2.92. The number of thioether (sulfide) groups is 1. The monoisotopic (exact) mass is 518 g/mol. The number of hydrogen-bond donors (Lipinski definition) is 1. The van der Waals surface area contributed by atoms with Gasteiger partial charge in [-0.15, -0.1) is 0 Å². The van der Waals surface area contributed by atoms with Crippen molar-refractivity contribution < 1.29 is 19.0 Å². The van der Waals surface area contributed by atoms with Gasteiger partial charge in [-0.05, 0) is 42.8 Å². The van der Waals surface area contributed by atoms with Crippen LogP contribution in [0.4, 0.5) is 0 Å². The molecular weight excluding hydrogens is 492 g/mol. The minimum atomic E-state index is -0.362. The number of carbonyl (C=O) groups is 1. The van der Waals surface area contributed by atoms with Gasteiger partial charge in [0.2, 0.25) is 5.75 Å². The number of methoxy groups -OCH3 is 3. The molecule has 37 heavy (non-hydrogen) atoms. The Labute approximate surface area is 218 Å². The summed E-state index contributed by atoms with van der Waals surface area (Å²) in [5.74, 6) is 1.00. The van der Waals surface area contributed by atoms with Gasteiger partial charge in [0.15, 0.2) is 16.7 Å². The lowest BCUT2D eigenvalue weighted by molar-refractivity contribution is -0.118. The van der Waals surface area contributed by atoms with Gasteiger partial charge in [0.25, 0.3) is 11.5 Å². The van der Waals surface area contributed by atoms with E-state index in [9.17, 15) is 9.59 Å². The molecule has 9 nitrogen and oxygen atoms in total. The molecule has 0 radical (unpaired) electrons. The minimum absolute atomic E-state index is 0.00291. The Morgan fingerprint density at radius 2 is 1.73 bits per heavy atom. The van der Waals surface area contributed by atoms with Gasteiger partial charge in [-0.1, -0.05) is 42.1 Å². The lowest BCUT2D eigenvalue weighted by Gasteiger charge is -2.15. The Kier molecular flexibility index (Phi) is 8.09. The molecular formula is C27H26N4O5S. The number of ether oxygens (including phenoxy) is 3. The minimum Gasteiger partial charge on any atom is -0.493 e. The van der Waals surface area contributed by atoms with Crippen LogP contribution in [0.2, 0.25) is 0 Å². The lowest BCUT2D eigenvalue weighted by atomic mass is 10.2. The highest BCUT2D eigenvalue weighted by molar-refractivity contribution is 7.99. The Bertz CT molecular complexity index is 1530. The molecule has 1 N–H and O–H groups in total. The van der Waals surface area contributed by atoms with Crippen LogP contribution in [-0.2, 0) is 4.79 Å². The predicted molar refractivity (Wildman–Crippen MR) is 145 cm³/mol. The van der Waals surface area contributed by atoms with Crippen molar-refractivity contribution in [3.63, 3.8) is 0 Å². The molecule has 4 rings (SSSR count). The number of carbonyl (C=O) groups excluding carboxylic acids is 1. The van der Waals surface area contributed by atoms with Crippen LogP contribution in [0, 0.1) is 6.92 Å². The Morgan fingerprint density at radius 1 is 1.00 bits per heavy atom. The van der Waals surface area contributed by atoms with E-state index < -0.39 is 0 Å². The van der Waals surface area contributed by atoms with Crippen molar-refractivity contribution in [2.24, 2.45) is 5.10 Å². The Hall–Kier alpha value is -4.31. The maximum atomic E-state index is 13.4. The number of fused-ring (bicyclic) bond motifs is 1. The normalized spacial score (nSPS) is 11.0. The van der Waals surface area contributed by atoms with E-state index in [0.29, 0.717) is 44.6 Å². The van der Waals surface area contributed by atoms with Crippen molar-refractivity contribution in [3.8, 4) is 22.9 Å². The van der Waals surface area contributed by atoms with E-state index in [-0.39, 0.29) is 17.2 Å². The summed E-state index contributed by atoms with van der Waals surface area (Å²) in [6.07, 6.45) is 1.46. The second-order valence-electron chi connectivity index (χ2n) is 7.84. The molecule has 0 spiro atoms. The number of amides is 1. The van der Waals surface area contributed by atoms with E-state index in [4.69, 9.17) is 14.2 Å². The van der Waals surface area contributed by atoms with E-state index in [2.05, 4.69) is 15.5 Å². The van der Waals surface area contributed by atoms with Crippen LogP contribution >= 0.6 is 11.8 Å². The van der Waals surface area contributed by atoms with Gasteiger partial charge < -0.3 is 14.2 Å². The fraction of sp³-hybridized carbons (Fsp3) is 0.185. The molecule has 1 amide bonds.